The van der Waals surface area contributed by atoms with Crippen molar-refractivity contribution in [3.05, 3.63) is 30.3 Å². The maximum Gasteiger partial charge on any atom is 0.410 e. The largest absolute Gasteiger partial charge is 0.444 e. The van der Waals surface area contributed by atoms with Crippen molar-refractivity contribution < 1.29 is 14.3 Å². The van der Waals surface area contributed by atoms with Crippen molar-refractivity contribution in [1.29, 1.82) is 0 Å². The van der Waals surface area contributed by atoms with Gasteiger partial charge in [0.15, 0.2) is 0 Å². The van der Waals surface area contributed by atoms with E-state index in [2.05, 4.69) is 10.6 Å². The summed E-state index contributed by atoms with van der Waals surface area (Å²) in [7, 11) is 1.69. The number of carbonyl (C=O) groups is 2. The molecule has 6 nitrogen and oxygen atoms in total. The van der Waals surface area contributed by atoms with Crippen molar-refractivity contribution >= 4 is 17.8 Å². The lowest BCUT2D eigenvalue weighted by molar-refractivity contribution is 0.0278. The Kier molecular flexibility index (Phi) is 6.88. The van der Waals surface area contributed by atoms with Gasteiger partial charge in [0.2, 0.25) is 0 Å². The highest BCUT2D eigenvalue weighted by Gasteiger charge is 2.20. The quantitative estimate of drug-likeness (QED) is 0.874. The van der Waals surface area contributed by atoms with Crippen LogP contribution >= 0.6 is 0 Å². The number of carbonyl (C=O) groups excluding carboxylic acids is 2. The topological polar surface area (TPSA) is 70.7 Å². The van der Waals surface area contributed by atoms with Crippen LogP contribution in [0.2, 0.25) is 0 Å². The Morgan fingerprint density at radius 1 is 1.22 bits per heavy atom. The molecule has 0 unspecified atom stereocenters. The normalized spacial score (nSPS) is 12.2. The predicted molar refractivity (Wildman–Crippen MR) is 91.5 cm³/mol. The van der Waals surface area contributed by atoms with Crippen LogP contribution in [-0.4, -0.2) is 42.8 Å². The highest BCUT2D eigenvalue weighted by atomic mass is 16.6. The molecular weight excluding hydrogens is 294 g/mol. The summed E-state index contributed by atoms with van der Waals surface area (Å²) in [5.74, 6) is 0.106. The molecule has 0 bridgehead atoms. The summed E-state index contributed by atoms with van der Waals surface area (Å²) in [4.78, 5) is 25.2. The van der Waals surface area contributed by atoms with Crippen LogP contribution in [0, 0.1) is 5.92 Å². The van der Waals surface area contributed by atoms with E-state index in [0.29, 0.717) is 13.1 Å². The number of para-hydroxylation sites is 1. The number of anilines is 1. The van der Waals surface area contributed by atoms with Crippen LogP contribution in [0.4, 0.5) is 15.3 Å². The molecule has 1 aromatic rings. The van der Waals surface area contributed by atoms with E-state index in [4.69, 9.17) is 4.74 Å². The standard InChI is InChI=1S/C17H27N3O3/c1-13(12-20(5)16(22)23-17(2,3)4)11-18-15(21)19-14-9-7-6-8-10-14/h6-10,13H,11-12H2,1-5H3,(H2,18,19,21)/t13-/m0/s1. The Balaban J connectivity index is 2.32. The second kappa shape index (κ2) is 8.41. The second-order valence-electron chi connectivity index (χ2n) is 6.67. The molecule has 0 spiro atoms. The molecule has 128 valence electrons. The zero-order chi connectivity index (χ0) is 17.5. The SMILES string of the molecule is C[C@@H](CNC(=O)Nc1ccccc1)CN(C)C(=O)OC(C)(C)C. The highest BCUT2D eigenvalue weighted by molar-refractivity contribution is 5.89. The molecule has 1 aromatic carbocycles. The molecule has 0 saturated carbocycles. The molecule has 0 saturated heterocycles. The van der Waals surface area contributed by atoms with Gasteiger partial charge in [-0.05, 0) is 38.8 Å². The van der Waals surface area contributed by atoms with Gasteiger partial charge < -0.3 is 20.3 Å². The lowest BCUT2D eigenvalue weighted by Gasteiger charge is -2.26. The summed E-state index contributed by atoms with van der Waals surface area (Å²) in [5.41, 5.74) is 0.228. The fourth-order valence-electron chi connectivity index (χ4n) is 1.91. The molecule has 0 aromatic heterocycles. The van der Waals surface area contributed by atoms with Crippen molar-refractivity contribution in [3.63, 3.8) is 0 Å². The van der Waals surface area contributed by atoms with Gasteiger partial charge in [0.25, 0.3) is 0 Å². The summed E-state index contributed by atoms with van der Waals surface area (Å²) in [6.07, 6.45) is -0.363. The number of ether oxygens (including phenoxy) is 1. The monoisotopic (exact) mass is 321 g/mol. The Labute approximate surface area is 138 Å². The molecule has 1 rings (SSSR count). The first-order chi connectivity index (χ1) is 10.7. The molecule has 3 amide bonds. The minimum absolute atomic E-state index is 0.106. The van der Waals surface area contributed by atoms with E-state index in [1.807, 2.05) is 58.0 Å². The van der Waals surface area contributed by atoms with Crippen LogP contribution in [0.1, 0.15) is 27.7 Å². The lowest BCUT2D eigenvalue weighted by atomic mass is 10.1. The number of amides is 3. The van der Waals surface area contributed by atoms with E-state index in [-0.39, 0.29) is 18.0 Å². The smallest absolute Gasteiger partial charge is 0.410 e. The number of rotatable bonds is 5. The van der Waals surface area contributed by atoms with E-state index in [0.717, 1.165) is 5.69 Å². The Hall–Kier alpha value is -2.24. The van der Waals surface area contributed by atoms with Crippen molar-refractivity contribution in [2.75, 3.05) is 25.5 Å². The molecule has 0 heterocycles. The van der Waals surface area contributed by atoms with Gasteiger partial charge in [0.1, 0.15) is 5.60 Å². The average molecular weight is 321 g/mol. The molecule has 0 aliphatic carbocycles. The van der Waals surface area contributed by atoms with Crippen molar-refractivity contribution in [2.24, 2.45) is 5.92 Å². The maximum atomic E-state index is 11.9. The van der Waals surface area contributed by atoms with Crippen LogP contribution in [0.25, 0.3) is 0 Å². The first kappa shape index (κ1) is 18.8. The van der Waals surface area contributed by atoms with E-state index in [1.54, 1.807) is 7.05 Å². The summed E-state index contributed by atoms with van der Waals surface area (Å²) in [6.45, 7) is 8.42. The minimum Gasteiger partial charge on any atom is -0.444 e. The van der Waals surface area contributed by atoms with Crippen molar-refractivity contribution in [3.8, 4) is 0 Å². The van der Waals surface area contributed by atoms with Crippen LogP contribution in [0.5, 0.6) is 0 Å². The first-order valence-corrected chi connectivity index (χ1v) is 7.71. The molecule has 1 atom stereocenters. The third-order valence-electron chi connectivity index (χ3n) is 2.93. The molecule has 2 N–H and O–H groups in total. The van der Waals surface area contributed by atoms with Crippen molar-refractivity contribution in [1.82, 2.24) is 10.2 Å². The van der Waals surface area contributed by atoms with Crippen LogP contribution in [0.3, 0.4) is 0 Å². The Morgan fingerprint density at radius 3 is 2.39 bits per heavy atom. The van der Waals surface area contributed by atoms with Crippen LogP contribution in [0.15, 0.2) is 30.3 Å². The van der Waals surface area contributed by atoms with Crippen LogP contribution in [-0.2, 0) is 4.74 Å². The van der Waals surface area contributed by atoms with Gasteiger partial charge in [0.05, 0.1) is 0 Å². The maximum absolute atomic E-state index is 11.9. The first-order valence-electron chi connectivity index (χ1n) is 7.71. The molecule has 0 aliphatic rings. The zero-order valence-corrected chi connectivity index (χ0v) is 14.6. The Morgan fingerprint density at radius 2 is 1.83 bits per heavy atom. The Bertz CT molecular complexity index is 512. The number of nitrogens with zero attached hydrogens (tertiary/aromatic N) is 1. The summed E-state index contributed by atoms with van der Waals surface area (Å²) < 4.78 is 5.29. The average Bonchev–Trinajstić information content (AvgIpc) is 2.44. The van der Waals surface area contributed by atoms with E-state index in [9.17, 15) is 9.59 Å². The second-order valence-corrected chi connectivity index (χ2v) is 6.67. The third-order valence-corrected chi connectivity index (χ3v) is 2.93. The minimum atomic E-state index is -0.512. The molecule has 23 heavy (non-hydrogen) atoms. The van der Waals surface area contributed by atoms with E-state index >= 15 is 0 Å². The molecule has 6 heteroatoms. The number of hydrogen-bond donors (Lipinski definition) is 2. The third kappa shape index (κ3) is 8.09. The number of nitrogens with one attached hydrogen (secondary N) is 2. The molecule has 0 aliphatic heterocycles. The molecule has 0 fully saturated rings. The van der Waals surface area contributed by atoms with Crippen molar-refractivity contribution in [2.45, 2.75) is 33.3 Å². The fraction of sp³-hybridized carbons (Fsp3) is 0.529. The fourth-order valence-corrected chi connectivity index (χ4v) is 1.91. The predicted octanol–water partition coefficient (Wildman–Crippen LogP) is 3.31. The lowest BCUT2D eigenvalue weighted by Crippen LogP contribution is -2.40. The number of urea groups is 1. The summed E-state index contributed by atoms with van der Waals surface area (Å²) >= 11 is 0. The van der Waals surface area contributed by atoms with E-state index < -0.39 is 5.60 Å². The van der Waals surface area contributed by atoms with E-state index in [1.165, 1.54) is 4.90 Å². The zero-order valence-electron chi connectivity index (χ0n) is 14.6. The highest BCUT2D eigenvalue weighted by Crippen LogP contribution is 2.10. The van der Waals surface area contributed by atoms with Gasteiger partial charge in [-0.1, -0.05) is 25.1 Å². The van der Waals surface area contributed by atoms with Gasteiger partial charge in [-0.15, -0.1) is 0 Å². The number of benzene rings is 1. The van der Waals surface area contributed by atoms with Gasteiger partial charge in [-0.25, -0.2) is 9.59 Å². The summed E-state index contributed by atoms with van der Waals surface area (Å²) in [5, 5.41) is 5.54. The molecular formula is C17H27N3O3. The van der Waals surface area contributed by atoms with Gasteiger partial charge in [-0.3, -0.25) is 0 Å². The summed E-state index contributed by atoms with van der Waals surface area (Å²) in [6, 6.07) is 8.97. The van der Waals surface area contributed by atoms with Gasteiger partial charge in [-0.2, -0.15) is 0 Å². The number of hydrogen-bond acceptors (Lipinski definition) is 3. The van der Waals surface area contributed by atoms with Crippen LogP contribution < -0.4 is 10.6 Å². The molecule has 0 radical (unpaired) electrons. The van der Waals surface area contributed by atoms with Gasteiger partial charge in [0, 0.05) is 25.8 Å². The van der Waals surface area contributed by atoms with Gasteiger partial charge >= 0.3 is 12.1 Å².